The van der Waals surface area contributed by atoms with Gasteiger partial charge >= 0.3 is 19.8 Å². The fourth-order valence-corrected chi connectivity index (χ4v) is 9.55. The van der Waals surface area contributed by atoms with Gasteiger partial charge in [-0.05, 0) is 96.3 Å². The largest absolute Gasteiger partial charge is 0.472 e. The summed E-state index contributed by atoms with van der Waals surface area (Å²) in [7, 11) is -4.40. The highest BCUT2D eigenvalue weighted by atomic mass is 31.2. The first kappa shape index (κ1) is 73.9. The molecule has 0 aliphatic carbocycles. The number of carbonyl (C=O) groups is 2. The summed E-state index contributed by atoms with van der Waals surface area (Å²) in [6, 6.07) is 0. The molecule has 0 aliphatic heterocycles. The van der Waals surface area contributed by atoms with E-state index in [1.165, 1.54) is 167 Å². The van der Waals surface area contributed by atoms with Gasteiger partial charge in [-0.15, -0.1) is 0 Å². The molecule has 3 N–H and O–H groups in total. The first-order chi connectivity index (χ1) is 37.8. The lowest BCUT2D eigenvalue weighted by molar-refractivity contribution is -0.161. The van der Waals surface area contributed by atoms with Gasteiger partial charge in [-0.25, -0.2) is 4.57 Å². The van der Waals surface area contributed by atoms with Crippen LogP contribution in [0.5, 0.6) is 0 Å². The first-order valence-corrected chi connectivity index (χ1v) is 33.2. The number of unbranched alkanes of at least 4 members (excludes halogenated alkanes) is 30. The zero-order chi connectivity index (χ0) is 55.9. The smallest absolute Gasteiger partial charge is 0.462 e. The van der Waals surface area contributed by atoms with Crippen molar-refractivity contribution in [3.63, 3.8) is 0 Å². The summed E-state index contributed by atoms with van der Waals surface area (Å²) < 4.78 is 33.1. The molecule has 0 aromatic heterocycles. The summed E-state index contributed by atoms with van der Waals surface area (Å²) in [4.78, 5) is 35.3. The molecule has 0 saturated carbocycles. The van der Waals surface area contributed by atoms with Gasteiger partial charge in [0.15, 0.2) is 6.10 Å². The standard InChI is InChI=1S/C67H118NO8P/c1-3-5-7-9-11-13-15-17-19-21-23-25-27-29-30-31-32-33-34-36-38-40-42-44-46-48-50-52-54-56-58-60-67(70)76-65(64-75-77(71,72)74-62-61-68)63-73-66(69)59-57-55-53-51-49-47-45-43-41-39-37-35-28-26-24-22-20-18-16-14-12-10-8-6-4-2/h5,7,11,13,16-19,22-25,28-30,35,65H,3-4,6,8-10,12,14-15,20-21,26-27,31-34,36-64,68H2,1-2H3,(H,71,72)/b7-5-,13-11-,18-16-,19-17-,24-22-,25-23-,30-29-,35-28-. The van der Waals surface area contributed by atoms with Crippen LogP contribution in [0.2, 0.25) is 0 Å². The molecule has 0 rings (SSSR count). The minimum Gasteiger partial charge on any atom is -0.462 e. The first-order valence-electron chi connectivity index (χ1n) is 31.7. The van der Waals surface area contributed by atoms with E-state index in [0.717, 1.165) is 83.5 Å². The Kier molecular flexibility index (Phi) is 59.7. The van der Waals surface area contributed by atoms with Crippen molar-refractivity contribution in [2.24, 2.45) is 5.73 Å². The maximum absolute atomic E-state index is 12.7. The fourth-order valence-electron chi connectivity index (χ4n) is 8.79. The van der Waals surface area contributed by atoms with Crippen LogP contribution in [0.25, 0.3) is 0 Å². The number of ether oxygens (including phenoxy) is 2. The van der Waals surface area contributed by atoms with Gasteiger partial charge in [0.25, 0.3) is 0 Å². The predicted octanol–water partition coefficient (Wildman–Crippen LogP) is 20.4. The lowest BCUT2D eigenvalue weighted by atomic mass is 10.0. The van der Waals surface area contributed by atoms with Crippen LogP contribution in [-0.2, 0) is 32.7 Å². The molecule has 0 aromatic carbocycles. The third kappa shape index (κ3) is 62.0. The topological polar surface area (TPSA) is 134 Å². The lowest BCUT2D eigenvalue weighted by Gasteiger charge is -2.19. The summed E-state index contributed by atoms with van der Waals surface area (Å²) in [6.45, 7) is 3.64. The molecule has 9 nitrogen and oxygen atoms in total. The van der Waals surface area contributed by atoms with Crippen LogP contribution in [0.3, 0.4) is 0 Å². The Hall–Kier alpha value is -3.07. The third-order valence-electron chi connectivity index (χ3n) is 13.5. The minimum atomic E-state index is -4.40. The summed E-state index contributed by atoms with van der Waals surface area (Å²) in [6.07, 6.45) is 83.3. The molecule has 0 aliphatic rings. The maximum atomic E-state index is 12.7. The molecule has 2 atom stereocenters. The van der Waals surface area contributed by atoms with Crippen molar-refractivity contribution in [2.75, 3.05) is 26.4 Å². The zero-order valence-corrected chi connectivity index (χ0v) is 50.6. The number of carbonyl (C=O) groups excluding carboxylic acids is 2. The summed E-state index contributed by atoms with van der Waals surface area (Å²) in [5.41, 5.74) is 5.39. The zero-order valence-electron chi connectivity index (χ0n) is 49.7. The van der Waals surface area contributed by atoms with Crippen molar-refractivity contribution < 1.29 is 37.6 Å². The Bertz CT molecular complexity index is 1580. The SMILES string of the molecule is CC/C=C\C/C=C\C/C=C\C/C=C\C/C=C\CCCCCCCCCCCCCCCCCC(=O)OC(COC(=O)CCCCCCCCCCCC/C=C\C/C=C\C/C=C\CCCCCCC)COP(=O)(O)OCCN. The van der Waals surface area contributed by atoms with E-state index >= 15 is 0 Å². The molecular formula is C67H118NO8P. The second-order valence-electron chi connectivity index (χ2n) is 20.9. The number of hydrogen-bond acceptors (Lipinski definition) is 8. The van der Waals surface area contributed by atoms with E-state index < -0.39 is 26.5 Å². The molecule has 0 spiro atoms. The summed E-state index contributed by atoms with van der Waals surface area (Å²) in [5, 5.41) is 0. The molecule has 0 radical (unpaired) electrons. The van der Waals surface area contributed by atoms with Gasteiger partial charge < -0.3 is 20.1 Å². The van der Waals surface area contributed by atoms with E-state index in [0.29, 0.717) is 6.42 Å². The molecular weight excluding hydrogens is 978 g/mol. The minimum absolute atomic E-state index is 0.0497. The summed E-state index contributed by atoms with van der Waals surface area (Å²) >= 11 is 0. The fraction of sp³-hybridized carbons (Fsp3) is 0.731. The second-order valence-corrected chi connectivity index (χ2v) is 22.3. The van der Waals surface area contributed by atoms with Crippen LogP contribution in [0.1, 0.15) is 284 Å². The molecule has 2 unspecified atom stereocenters. The molecule has 0 heterocycles. The molecule has 444 valence electrons. The van der Waals surface area contributed by atoms with E-state index in [4.69, 9.17) is 24.3 Å². The van der Waals surface area contributed by atoms with Crippen LogP contribution in [0.4, 0.5) is 0 Å². The summed E-state index contributed by atoms with van der Waals surface area (Å²) in [5.74, 6) is -0.828. The van der Waals surface area contributed by atoms with Gasteiger partial charge in [0.1, 0.15) is 6.61 Å². The van der Waals surface area contributed by atoms with Gasteiger partial charge in [0.2, 0.25) is 0 Å². The van der Waals surface area contributed by atoms with Crippen molar-refractivity contribution in [3.05, 3.63) is 97.2 Å². The highest BCUT2D eigenvalue weighted by molar-refractivity contribution is 7.47. The molecule has 0 amide bonds. The van der Waals surface area contributed by atoms with Crippen LogP contribution in [-0.4, -0.2) is 49.3 Å². The van der Waals surface area contributed by atoms with Crippen molar-refractivity contribution in [1.82, 2.24) is 0 Å². The van der Waals surface area contributed by atoms with Crippen LogP contribution in [0, 0.1) is 0 Å². The normalized spacial score (nSPS) is 13.7. The van der Waals surface area contributed by atoms with Gasteiger partial charge in [-0.3, -0.25) is 18.6 Å². The quantitative estimate of drug-likeness (QED) is 0.0264. The molecule has 0 bridgehead atoms. The van der Waals surface area contributed by atoms with Gasteiger partial charge in [-0.1, -0.05) is 272 Å². The van der Waals surface area contributed by atoms with E-state index in [-0.39, 0.29) is 38.6 Å². The van der Waals surface area contributed by atoms with Crippen molar-refractivity contribution in [1.29, 1.82) is 0 Å². The number of phosphoric acid groups is 1. The maximum Gasteiger partial charge on any atom is 0.472 e. The molecule has 0 aromatic rings. The number of phosphoric ester groups is 1. The van der Waals surface area contributed by atoms with Crippen molar-refractivity contribution in [3.8, 4) is 0 Å². The molecule has 0 fully saturated rings. The van der Waals surface area contributed by atoms with Crippen molar-refractivity contribution in [2.45, 2.75) is 290 Å². The molecule has 77 heavy (non-hydrogen) atoms. The number of nitrogens with two attached hydrogens (primary N) is 1. The second kappa shape index (κ2) is 62.1. The highest BCUT2D eigenvalue weighted by Gasteiger charge is 2.26. The predicted molar refractivity (Wildman–Crippen MR) is 330 cm³/mol. The number of esters is 2. The number of rotatable bonds is 59. The highest BCUT2D eigenvalue weighted by Crippen LogP contribution is 2.43. The average molecular weight is 1100 g/mol. The average Bonchev–Trinajstić information content (AvgIpc) is 3.42. The monoisotopic (exact) mass is 1100 g/mol. The van der Waals surface area contributed by atoms with Gasteiger partial charge in [0.05, 0.1) is 13.2 Å². The van der Waals surface area contributed by atoms with Crippen LogP contribution in [0.15, 0.2) is 97.2 Å². The van der Waals surface area contributed by atoms with Crippen LogP contribution < -0.4 is 5.73 Å². The lowest BCUT2D eigenvalue weighted by Crippen LogP contribution is -2.29. The van der Waals surface area contributed by atoms with E-state index in [1.54, 1.807) is 0 Å². The Morgan fingerprint density at radius 2 is 0.714 bits per heavy atom. The van der Waals surface area contributed by atoms with Crippen molar-refractivity contribution >= 4 is 19.8 Å². The number of allylic oxidation sites excluding steroid dienone is 16. The molecule has 0 saturated heterocycles. The Balaban J connectivity index is 3.94. The van der Waals surface area contributed by atoms with Crippen LogP contribution >= 0.6 is 7.82 Å². The van der Waals surface area contributed by atoms with E-state index in [1.807, 2.05) is 0 Å². The van der Waals surface area contributed by atoms with Gasteiger partial charge in [0, 0.05) is 19.4 Å². The molecule has 10 heteroatoms. The Morgan fingerprint density at radius 3 is 1.06 bits per heavy atom. The third-order valence-corrected chi connectivity index (χ3v) is 14.4. The van der Waals surface area contributed by atoms with E-state index in [2.05, 4.69) is 111 Å². The number of hydrogen-bond donors (Lipinski definition) is 2. The van der Waals surface area contributed by atoms with Gasteiger partial charge in [-0.2, -0.15) is 0 Å². The Morgan fingerprint density at radius 1 is 0.403 bits per heavy atom. The Labute approximate surface area is 474 Å². The van der Waals surface area contributed by atoms with E-state index in [9.17, 15) is 19.0 Å².